The number of aliphatic hydroxyl groups is 1. The molecule has 0 spiro atoms. The van der Waals surface area contributed by atoms with Crippen molar-refractivity contribution in [3.8, 4) is 5.75 Å². The van der Waals surface area contributed by atoms with E-state index in [0.29, 0.717) is 17.9 Å². The molecule has 4 bridgehead atoms. The molecule has 0 aromatic heterocycles. The number of hydrogen-bond donors (Lipinski definition) is 2. The second kappa shape index (κ2) is 14.5. The van der Waals surface area contributed by atoms with Gasteiger partial charge in [0.2, 0.25) is 11.8 Å². The predicted octanol–water partition coefficient (Wildman–Crippen LogP) is 3.53. The quantitative estimate of drug-likeness (QED) is 0.346. The van der Waals surface area contributed by atoms with Crippen LogP contribution in [-0.2, 0) is 39.8 Å². The predicted molar refractivity (Wildman–Crippen MR) is 177 cm³/mol. The van der Waals surface area contributed by atoms with E-state index in [2.05, 4.69) is 5.32 Å². The van der Waals surface area contributed by atoms with Crippen LogP contribution in [0.3, 0.4) is 0 Å². The number of amides is 3. The van der Waals surface area contributed by atoms with Crippen LogP contribution in [0.25, 0.3) is 0 Å². The molecule has 2 saturated heterocycles. The summed E-state index contributed by atoms with van der Waals surface area (Å²) in [6, 6.07) is 2.63. The van der Waals surface area contributed by atoms with Crippen molar-refractivity contribution in [1.29, 1.82) is 0 Å². The Kier molecular flexibility index (Phi) is 11.2. The first-order chi connectivity index (χ1) is 22.4. The average Bonchev–Trinajstić information content (AvgIpc) is 3.73. The third-order valence-corrected chi connectivity index (χ3v) is 10.0. The highest BCUT2D eigenvalue weighted by Crippen LogP contribution is 2.49. The highest BCUT2D eigenvalue weighted by Gasteiger charge is 2.64. The van der Waals surface area contributed by atoms with Crippen molar-refractivity contribution in [3.63, 3.8) is 0 Å². The molecule has 0 saturated carbocycles. The van der Waals surface area contributed by atoms with E-state index >= 15 is 0 Å². The van der Waals surface area contributed by atoms with Gasteiger partial charge in [-0.3, -0.25) is 14.9 Å². The largest absolute Gasteiger partial charge is 0.495 e. The topological polar surface area (TPSA) is 156 Å². The molecule has 2 N–H and O–H groups in total. The van der Waals surface area contributed by atoms with Gasteiger partial charge in [0.05, 0.1) is 25.3 Å². The number of epoxide rings is 1. The van der Waals surface area contributed by atoms with Crippen LogP contribution >= 0.6 is 11.6 Å². The number of methoxy groups -OCH3 is 2. The molecule has 48 heavy (non-hydrogen) atoms. The van der Waals surface area contributed by atoms with Crippen molar-refractivity contribution in [2.45, 2.75) is 95.7 Å². The Balaban J connectivity index is 1.80. The molecule has 1 aromatic carbocycles. The van der Waals surface area contributed by atoms with Gasteiger partial charge in [0, 0.05) is 40.5 Å². The minimum absolute atomic E-state index is 0.0436. The maximum Gasteiger partial charge on any atom is 0.409 e. The standard InChI is InChI=1S/C34H46ClN3O10/c1-18-11-10-12-26(45-9)34(43)17-25(46-32(42)36-34)19(2)30-33(5,48-30)27(47-31(41)20(3)37(6)21(4)39)16-28(40)38(7)23-14-22(13-18)15-24(44-8)29(23)35/h10-12,14-15,19-20,25-27,30,43H,13,16-17H2,1-9H3,(H,36,42)/b12-10+,18-11+/t19-,20+,25+,26-,27+,30+,33+,34+/m0/s1. The molecule has 3 aliphatic heterocycles. The number of anilines is 1. The molecule has 3 heterocycles. The van der Waals surface area contributed by atoms with Crippen LogP contribution < -0.4 is 15.0 Å². The molecule has 3 amide bonds. The van der Waals surface area contributed by atoms with Gasteiger partial charge in [-0.25, -0.2) is 9.59 Å². The fourth-order valence-corrected chi connectivity index (χ4v) is 6.59. The van der Waals surface area contributed by atoms with E-state index in [0.717, 1.165) is 11.1 Å². The molecule has 14 heteroatoms. The third kappa shape index (κ3) is 7.64. The molecule has 8 atom stereocenters. The van der Waals surface area contributed by atoms with Crippen LogP contribution in [0.2, 0.25) is 5.02 Å². The Morgan fingerprint density at radius 1 is 1.25 bits per heavy atom. The smallest absolute Gasteiger partial charge is 0.409 e. The SMILES string of the molecule is COc1cc2cc(c1Cl)N(C)C(=O)C[C@@H](OC(=O)[C@@H](C)N(C)C(C)=O)[C@@]1(C)O[C@@H]1[C@@H](C)[C@H]1C[C@](O)(NC(=O)O1)[C@@H](OC)/C=C/C=C(\C)C2. The summed E-state index contributed by atoms with van der Waals surface area (Å²) in [5.41, 5.74) is -0.871. The summed E-state index contributed by atoms with van der Waals surface area (Å²) in [6.45, 7) is 8.29. The van der Waals surface area contributed by atoms with Gasteiger partial charge >= 0.3 is 12.1 Å². The van der Waals surface area contributed by atoms with Crippen LogP contribution in [-0.4, -0.2) is 104 Å². The van der Waals surface area contributed by atoms with Crippen molar-refractivity contribution in [1.82, 2.24) is 10.2 Å². The van der Waals surface area contributed by atoms with Crippen LogP contribution in [0.5, 0.6) is 5.75 Å². The first-order valence-electron chi connectivity index (χ1n) is 15.8. The zero-order valence-corrected chi connectivity index (χ0v) is 29.6. The fourth-order valence-electron chi connectivity index (χ4n) is 6.27. The van der Waals surface area contributed by atoms with E-state index in [1.165, 1.54) is 44.9 Å². The fraction of sp³-hybridized carbons (Fsp3) is 0.588. The van der Waals surface area contributed by atoms with Crippen molar-refractivity contribution >= 4 is 41.2 Å². The van der Waals surface area contributed by atoms with Gasteiger partial charge in [-0.1, -0.05) is 42.3 Å². The number of halogens is 1. The number of nitrogens with zero attached hydrogens (tertiary/aromatic N) is 2. The average molecular weight is 692 g/mol. The van der Waals surface area contributed by atoms with Crippen molar-refractivity contribution < 1.29 is 48.0 Å². The number of allylic oxidation sites excluding steroid dienone is 3. The Bertz CT molecular complexity index is 1500. The summed E-state index contributed by atoms with van der Waals surface area (Å²) >= 11 is 6.71. The first kappa shape index (κ1) is 37.2. The molecule has 3 aliphatic rings. The maximum absolute atomic E-state index is 14.0. The summed E-state index contributed by atoms with van der Waals surface area (Å²) < 4.78 is 28.9. The molecular weight excluding hydrogens is 646 g/mol. The van der Waals surface area contributed by atoms with Crippen LogP contribution in [0.4, 0.5) is 10.5 Å². The number of likely N-dealkylation sites (N-methyl/N-ethyl adjacent to an activating group) is 1. The van der Waals surface area contributed by atoms with Crippen molar-refractivity contribution in [2.24, 2.45) is 5.92 Å². The molecule has 0 unspecified atom stereocenters. The molecular formula is C34H46ClN3O10. The molecule has 264 valence electrons. The minimum atomic E-state index is -1.81. The van der Waals surface area contributed by atoms with E-state index in [4.69, 9.17) is 35.3 Å². The van der Waals surface area contributed by atoms with E-state index in [9.17, 15) is 24.3 Å². The monoisotopic (exact) mass is 691 g/mol. The summed E-state index contributed by atoms with van der Waals surface area (Å²) in [5, 5.41) is 14.4. The highest BCUT2D eigenvalue weighted by atomic mass is 35.5. The lowest BCUT2D eigenvalue weighted by atomic mass is 9.83. The molecule has 0 aliphatic carbocycles. The number of ether oxygens (including phenoxy) is 5. The van der Waals surface area contributed by atoms with E-state index in [-0.39, 0.29) is 23.8 Å². The molecule has 2 fully saturated rings. The van der Waals surface area contributed by atoms with Crippen molar-refractivity contribution in [3.05, 3.63) is 46.5 Å². The van der Waals surface area contributed by atoms with Gasteiger partial charge in [0.25, 0.3) is 0 Å². The lowest BCUT2D eigenvalue weighted by molar-refractivity contribution is -0.161. The number of carbonyl (C=O) groups excluding carboxylic acids is 4. The number of nitrogens with one attached hydrogen (secondary N) is 1. The van der Waals surface area contributed by atoms with Gasteiger partial charge in [-0.05, 0) is 44.9 Å². The van der Waals surface area contributed by atoms with E-state index in [1.807, 2.05) is 13.0 Å². The number of benzene rings is 1. The minimum Gasteiger partial charge on any atom is -0.495 e. The number of fused-ring (bicyclic) bond motifs is 5. The summed E-state index contributed by atoms with van der Waals surface area (Å²) in [6.07, 6.45) is 1.02. The Morgan fingerprint density at radius 2 is 1.94 bits per heavy atom. The zero-order chi connectivity index (χ0) is 35.7. The zero-order valence-electron chi connectivity index (χ0n) is 28.9. The highest BCUT2D eigenvalue weighted by molar-refractivity contribution is 6.35. The number of esters is 1. The summed E-state index contributed by atoms with van der Waals surface area (Å²) in [5.74, 6) is -1.63. The molecule has 13 nitrogen and oxygen atoms in total. The Hall–Kier alpha value is -3.65. The maximum atomic E-state index is 14.0. The van der Waals surface area contributed by atoms with Gasteiger partial charge < -0.3 is 38.6 Å². The third-order valence-electron chi connectivity index (χ3n) is 9.63. The lowest BCUT2D eigenvalue weighted by Crippen LogP contribution is -2.63. The number of rotatable bonds is 5. The van der Waals surface area contributed by atoms with E-state index < -0.39 is 65.7 Å². The molecule has 1 aromatic rings. The normalized spacial score (nSPS) is 33.2. The Morgan fingerprint density at radius 3 is 2.56 bits per heavy atom. The van der Waals surface area contributed by atoms with Crippen LogP contribution in [0.15, 0.2) is 35.9 Å². The van der Waals surface area contributed by atoms with Crippen molar-refractivity contribution in [2.75, 3.05) is 33.2 Å². The first-order valence-corrected chi connectivity index (χ1v) is 16.2. The second-order valence-electron chi connectivity index (χ2n) is 13.0. The summed E-state index contributed by atoms with van der Waals surface area (Å²) in [7, 11) is 5.97. The molecule has 4 rings (SSSR count). The number of carbonyl (C=O) groups is 4. The number of alkyl carbamates (subject to hydrolysis) is 1. The van der Waals surface area contributed by atoms with Crippen LogP contribution in [0.1, 0.15) is 53.0 Å². The van der Waals surface area contributed by atoms with Gasteiger partial charge in [-0.15, -0.1) is 0 Å². The van der Waals surface area contributed by atoms with Gasteiger partial charge in [0.1, 0.15) is 40.7 Å². The van der Waals surface area contributed by atoms with Gasteiger partial charge in [0.15, 0.2) is 5.72 Å². The summed E-state index contributed by atoms with van der Waals surface area (Å²) in [4.78, 5) is 54.7. The van der Waals surface area contributed by atoms with E-state index in [1.54, 1.807) is 45.2 Å². The Labute approximate surface area is 286 Å². The second-order valence-corrected chi connectivity index (χ2v) is 13.4. The lowest BCUT2D eigenvalue weighted by Gasteiger charge is -2.42. The van der Waals surface area contributed by atoms with Crippen LogP contribution in [0, 0.1) is 5.92 Å². The van der Waals surface area contributed by atoms with Gasteiger partial charge in [-0.2, -0.15) is 0 Å². The molecule has 0 radical (unpaired) electrons. The number of hydrogen-bond acceptors (Lipinski definition) is 10.